The normalized spacial score (nSPS) is 10.9. The van der Waals surface area contributed by atoms with Gasteiger partial charge in [-0.1, -0.05) is 30.3 Å². The number of anilines is 2. The molecule has 0 aliphatic heterocycles. The average molecular weight is 489 g/mol. The summed E-state index contributed by atoms with van der Waals surface area (Å²) in [7, 11) is -2.39. The fourth-order valence-corrected chi connectivity index (χ4v) is 4.49. The molecular weight excluding hydrogens is 467 g/mol. The van der Waals surface area contributed by atoms with Gasteiger partial charge in [0, 0.05) is 12.1 Å². The first-order valence-corrected chi connectivity index (χ1v) is 12.0. The van der Waals surface area contributed by atoms with E-state index in [4.69, 9.17) is 4.74 Å². The van der Waals surface area contributed by atoms with Gasteiger partial charge in [-0.05, 0) is 60.2 Å². The number of hydrogen-bond donors (Lipinski definition) is 2. The Morgan fingerprint density at radius 1 is 1.00 bits per heavy atom. The molecule has 0 fully saturated rings. The van der Waals surface area contributed by atoms with E-state index in [1.54, 1.807) is 25.3 Å². The Hall–Kier alpha value is -4.42. The molecule has 0 unspecified atom stereocenters. The molecular formula is C26H21FN4O3S. The van der Waals surface area contributed by atoms with Crippen molar-refractivity contribution in [2.45, 2.75) is 11.4 Å². The number of nitriles is 1. The lowest BCUT2D eigenvalue weighted by atomic mass is 10.1. The zero-order valence-corrected chi connectivity index (χ0v) is 19.5. The Morgan fingerprint density at radius 3 is 2.43 bits per heavy atom. The number of ether oxygens (including phenoxy) is 1. The van der Waals surface area contributed by atoms with Gasteiger partial charge in [0.15, 0.2) is 0 Å². The van der Waals surface area contributed by atoms with E-state index in [0.717, 1.165) is 5.56 Å². The molecule has 3 aromatic carbocycles. The third-order valence-electron chi connectivity index (χ3n) is 5.15. The standard InChI is InChI=1S/C26H21FN4O3S/c1-34-22-7-5-6-18(14-22)17-29-26-20(16-28)15-24(25(30-26)19-10-12-21(27)13-11-19)31-35(32,33)23-8-3-2-4-9-23/h2-15,31H,17H2,1H3,(H,29,30). The van der Waals surface area contributed by atoms with Gasteiger partial charge in [-0.2, -0.15) is 5.26 Å². The highest BCUT2D eigenvalue weighted by Crippen LogP contribution is 2.32. The van der Waals surface area contributed by atoms with Crippen LogP contribution in [0.5, 0.6) is 5.75 Å². The number of aromatic nitrogens is 1. The van der Waals surface area contributed by atoms with Crippen LogP contribution >= 0.6 is 0 Å². The molecule has 176 valence electrons. The van der Waals surface area contributed by atoms with Crippen molar-refractivity contribution in [3.8, 4) is 23.1 Å². The average Bonchev–Trinajstić information content (AvgIpc) is 2.88. The van der Waals surface area contributed by atoms with E-state index >= 15 is 0 Å². The fourth-order valence-electron chi connectivity index (χ4n) is 3.41. The molecule has 0 spiro atoms. The number of sulfonamides is 1. The van der Waals surface area contributed by atoms with Gasteiger partial charge >= 0.3 is 0 Å². The van der Waals surface area contributed by atoms with E-state index in [1.165, 1.54) is 42.5 Å². The molecule has 0 atom stereocenters. The van der Waals surface area contributed by atoms with Crippen LogP contribution in [0.15, 0.2) is 89.8 Å². The van der Waals surface area contributed by atoms with E-state index in [9.17, 15) is 18.1 Å². The van der Waals surface area contributed by atoms with Crippen molar-refractivity contribution in [2.24, 2.45) is 0 Å². The van der Waals surface area contributed by atoms with Gasteiger partial charge < -0.3 is 10.1 Å². The number of benzene rings is 3. The first-order chi connectivity index (χ1) is 16.9. The molecule has 0 saturated carbocycles. The second-order valence-electron chi connectivity index (χ2n) is 7.52. The van der Waals surface area contributed by atoms with Gasteiger partial charge in [-0.15, -0.1) is 0 Å². The van der Waals surface area contributed by atoms with Crippen molar-refractivity contribution in [1.82, 2.24) is 4.98 Å². The minimum absolute atomic E-state index is 0.0591. The fraction of sp³-hybridized carbons (Fsp3) is 0.0769. The van der Waals surface area contributed by atoms with Gasteiger partial charge in [-0.25, -0.2) is 17.8 Å². The van der Waals surface area contributed by atoms with E-state index in [-0.39, 0.29) is 27.7 Å². The van der Waals surface area contributed by atoms with Crippen LogP contribution < -0.4 is 14.8 Å². The molecule has 9 heteroatoms. The summed E-state index contributed by atoms with van der Waals surface area (Å²) in [6.07, 6.45) is 0. The van der Waals surface area contributed by atoms with Crippen LogP contribution in [0.4, 0.5) is 15.9 Å². The molecule has 0 bridgehead atoms. The van der Waals surface area contributed by atoms with Crippen LogP contribution in [0, 0.1) is 17.1 Å². The smallest absolute Gasteiger partial charge is 0.261 e. The van der Waals surface area contributed by atoms with Crippen LogP contribution in [0.2, 0.25) is 0 Å². The molecule has 0 aliphatic carbocycles. The number of methoxy groups -OCH3 is 1. The Kier molecular flexibility index (Phi) is 6.94. The van der Waals surface area contributed by atoms with Crippen molar-refractivity contribution in [2.75, 3.05) is 17.1 Å². The zero-order chi connectivity index (χ0) is 24.8. The first-order valence-electron chi connectivity index (χ1n) is 10.6. The molecule has 35 heavy (non-hydrogen) atoms. The van der Waals surface area contributed by atoms with E-state index in [0.29, 0.717) is 17.9 Å². The maximum Gasteiger partial charge on any atom is 0.261 e. The zero-order valence-electron chi connectivity index (χ0n) is 18.7. The number of nitrogens with one attached hydrogen (secondary N) is 2. The topological polar surface area (TPSA) is 104 Å². The molecule has 0 amide bonds. The van der Waals surface area contributed by atoms with Gasteiger partial charge in [0.05, 0.1) is 29.0 Å². The molecule has 0 radical (unpaired) electrons. The van der Waals surface area contributed by atoms with Crippen molar-refractivity contribution in [3.63, 3.8) is 0 Å². The Balaban J connectivity index is 1.75. The second-order valence-corrected chi connectivity index (χ2v) is 9.21. The Morgan fingerprint density at radius 2 is 1.74 bits per heavy atom. The lowest BCUT2D eigenvalue weighted by Gasteiger charge is -2.16. The molecule has 0 aliphatic rings. The minimum Gasteiger partial charge on any atom is -0.497 e. The Bertz CT molecular complexity index is 1490. The Labute approximate surface area is 202 Å². The lowest BCUT2D eigenvalue weighted by molar-refractivity contribution is 0.414. The molecule has 4 aromatic rings. The van der Waals surface area contributed by atoms with Crippen molar-refractivity contribution < 1.29 is 17.5 Å². The van der Waals surface area contributed by atoms with E-state index in [1.807, 2.05) is 24.3 Å². The second kappa shape index (κ2) is 10.2. The van der Waals surface area contributed by atoms with Gasteiger partial charge in [0.2, 0.25) is 0 Å². The molecule has 2 N–H and O–H groups in total. The van der Waals surface area contributed by atoms with Gasteiger partial charge in [0.25, 0.3) is 10.0 Å². The maximum atomic E-state index is 13.6. The van der Waals surface area contributed by atoms with Crippen LogP contribution in [0.3, 0.4) is 0 Å². The molecule has 1 aromatic heterocycles. The predicted molar refractivity (Wildman–Crippen MR) is 132 cm³/mol. The summed E-state index contributed by atoms with van der Waals surface area (Å²) in [6.45, 7) is 0.344. The lowest BCUT2D eigenvalue weighted by Crippen LogP contribution is -2.15. The van der Waals surface area contributed by atoms with Crippen molar-refractivity contribution in [3.05, 3.63) is 102 Å². The summed E-state index contributed by atoms with van der Waals surface area (Å²) in [5.74, 6) is 0.512. The number of rotatable bonds is 8. The monoisotopic (exact) mass is 488 g/mol. The number of pyridine rings is 1. The highest BCUT2D eigenvalue weighted by molar-refractivity contribution is 7.92. The number of nitrogens with zero attached hydrogens (tertiary/aromatic N) is 2. The van der Waals surface area contributed by atoms with Crippen LogP contribution in [0.25, 0.3) is 11.3 Å². The SMILES string of the molecule is COc1cccc(CNc2nc(-c3ccc(F)cc3)c(NS(=O)(=O)c3ccccc3)cc2C#N)c1. The summed E-state index contributed by atoms with van der Waals surface area (Å²) in [5, 5.41) is 12.9. The highest BCUT2D eigenvalue weighted by Gasteiger charge is 2.20. The van der Waals surface area contributed by atoms with Gasteiger partial charge in [0.1, 0.15) is 23.5 Å². The predicted octanol–water partition coefficient (Wildman–Crippen LogP) is 5.18. The molecule has 4 rings (SSSR count). The quantitative estimate of drug-likeness (QED) is 0.354. The van der Waals surface area contributed by atoms with Crippen LogP contribution in [0.1, 0.15) is 11.1 Å². The third-order valence-corrected chi connectivity index (χ3v) is 6.53. The van der Waals surface area contributed by atoms with Crippen LogP contribution in [-0.4, -0.2) is 20.5 Å². The summed E-state index contributed by atoms with van der Waals surface area (Å²) in [5.41, 5.74) is 1.86. The maximum absolute atomic E-state index is 13.6. The van der Waals surface area contributed by atoms with Crippen molar-refractivity contribution in [1.29, 1.82) is 5.26 Å². The molecule has 7 nitrogen and oxygen atoms in total. The van der Waals surface area contributed by atoms with E-state index < -0.39 is 15.8 Å². The van der Waals surface area contributed by atoms with Crippen molar-refractivity contribution >= 4 is 21.5 Å². The van der Waals surface area contributed by atoms with E-state index in [2.05, 4.69) is 21.1 Å². The summed E-state index contributed by atoms with van der Waals surface area (Å²) in [4.78, 5) is 4.62. The third kappa shape index (κ3) is 5.57. The largest absolute Gasteiger partial charge is 0.497 e. The molecule has 1 heterocycles. The number of halogens is 1. The number of hydrogen-bond acceptors (Lipinski definition) is 6. The van der Waals surface area contributed by atoms with Crippen LogP contribution in [-0.2, 0) is 16.6 Å². The summed E-state index contributed by atoms with van der Waals surface area (Å²) < 4.78 is 47.3. The summed E-state index contributed by atoms with van der Waals surface area (Å²) in [6, 6.07) is 24.3. The van der Waals surface area contributed by atoms with Gasteiger partial charge in [-0.3, -0.25) is 4.72 Å². The highest BCUT2D eigenvalue weighted by atomic mass is 32.2. The summed E-state index contributed by atoms with van der Waals surface area (Å²) >= 11 is 0. The minimum atomic E-state index is -3.96. The molecule has 0 saturated heterocycles. The first kappa shape index (κ1) is 23.7.